The average Bonchev–Trinajstić information content (AvgIpc) is 3.28. The standard InChI is InChI=1S/C16H19FN8/c1-10-8-18-11(2)15-19-13(21-25(10)15)4-5-14-20-16(22-23(14)3)24-7-6-12(17)9-24/h4-5,8,12H,6-7,9H2,1-3H3. The molecular weight excluding hydrogens is 323 g/mol. The molecule has 1 unspecified atom stereocenters. The van der Waals surface area contributed by atoms with E-state index in [1.807, 2.05) is 31.9 Å². The molecule has 0 N–H and O–H groups in total. The highest BCUT2D eigenvalue weighted by molar-refractivity contribution is 5.65. The van der Waals surface area contributed by atoms with E-state index >= 15 is 0 Å². The second-order valence-corrected chi connectivity index (χ2v) is 6.25. The molecule has 1 saturated heterocycles. The number of anilines is 1. The summed E-state index contributed by atoms with van der Waals surface area (Å²) in [5, 5.41) is 8.84. The summed E-state index contributed by atoms with van der Waals surface area (Å²) in [6.07, 6.45) is 5.10. The second kappa shape index (κ2) is 5.91. The molecule has 1 aliphatic heterocycles. The van der Waals surface area contributed by atoms with Gasteiger partial charge in [0, 0.05) is 19.8 Å². The molecule has 0 aromatic carbocycles. The summed E-state index contributed by atoms with van der Waals surface area (Å²) in [4.78, 5) is 15.1. The fourth-order valence-electron chi connectivity index (χ4n) is 2.89. The number of aromatic nitrogens is 7. The molecule has 0 radical (unpaired) electrons. The molecule has 0 spiro atoms. The molecule has 3 aromatic rings. The van der Waals surface area contributed by atoms with Gasteiger partial charge < -0.3 is 4.90 Å². The molecule has 0 bridgehead atoms. The van der Waals surface area contributed by atoms with Gasteiger partial charge in [0.05, 0.1) is 17.9 Å². The zero-order valence-corrected chi connectivity index (χ0v) is 14.4. The van der Waals surface area contributed by atoms with Gasteiger partial charge in [0.2, 0.25) is 5.95 Å². The van der Waals surface area contributed by atoms with E-state index in [0.717, 1.165) is 17.0 Å². The van der Waals surface area contributed by atoms with Gasteiger partial charge >= 0.3 is 0 Å². The van der Waals surface area contributed by atoms with E-state index < -0.39 is 6.17 Å². The molecule has 1 aliphatic rings. The molecule has 4 rings (SSSR count). The number of aryl methyl sites for hydroxylation is 3. The molecule has 1 fully saturated rings. The Bertz CT molecular complexity index is 918. The maximum atomic E-state index is 13.4. The van der Waals surface area contributed by atoms with Gasteiger partial charge in [-0.3, -0.25) is 4.98 Å². The Morgan fingerprint density at radius 2 is 2.04 bits per heavy atom. The average molecular weight is 342 g/mol. The first-order valence-corrected chi connectivity index (χ1v) is 8.18. The van der Waals surface area contributed by atoms with Crippen molar-refractivity contribution in [3.05, 3.63) is 29.2 Å². The van der Waals surface area contributed by atoms with Crippen molar-refractivity contribution in [2.24, 2.45) is 7.05 Å². The van der Waals surface area contributed by atoms with Crippen LogP contribution in [0.3, 0.4) is 0 Å². The van der Waals surface area contributed by atoms with Crippen LogP contribution >= 0.6 is 0 Å². The molecule has 8 nitrogen and oxygen atoms in total. The number of hydrogen-bond acceptors (Lipinski definition) is 6. The zero-order valence-electron chi connectivity index (χ0n) is 14.4. The third-order valence-corrected chi connectivity index (χ3v) is 4.31. The van der Waals surface area contributed by atoms with Crippen LogP contribution in [0.5, 0.6) is 0 Å². The van der Waals surface area contributed by atoms with Gasteiger partial charge in [-0.25, -0.2) is 18.6 Å². The molecule has 0 aliphatic carbocycles. The highest BCUT2D eigenvalue weighted by Crippen LogP contribution is 2.19. The van der Waals surface area contributed by atoms with Crippen molar-refractivity contribution in [1.82, 2.24) is 34.3 Å². The van der Waals surface area contributed by atoms with Crippen LogP contribution in [0.15, 0.2) is 6.20 Å². The first-order valence-electron chi connectivity index (χ1n) is 8.18. The van der Waals surface area contributed by atoms with Gasteiger partial charge in [-0.15, -0.1) is 10.2 Å². The third kappa shape index (κ3) is 2.86. The summed E-state index contributed by atoms with van der Waals surface area (Å²) >= 11 is 0. The Kier molecular flexibility index (Phi) is 3.70. The van der Waals surface area contributed by atoms with Crippen LogP contribution in [0, 0.1) is 13.8 Å². The summed E-state index contributed by atoms with van der Waals surface area (Å²) in [6, 6.07) is 0. The van der Waals surface area contributed by atoms with Gasteiger partial charge in [-0.05, 0) is 32.4 Å². The molecule has 9 heteroatoms. The fourth-order valence-corrected chi connectivity index (χ4v) is 2.89. The van der Waals surface area contributed by atoms with Gasteiger partial charge in [-0.1, -0.05) is 0 Å². The maximum absolute atomic E-state index is 13.4. The van der Waals surface area contributed by atoms with Crippen molar-refractivity contribution in [3.8, 4) is 0 Å². The van der Waals surface area contributed by atoms with Crippen molar-refractivity contribution in [3.63, 3.8) is 0 Å². The van der Waals surface area contributed by atoms with Crippen LogP contribution in [-0.4, -0.2) is 53.6 Å². The molecule has 0 amide bonds. The van der Waals surface area contributed by atoms with Gasteiger partial charge in [0.15, 0.2) is 17.3 Å². The lowest BCUT2D eigenvalue weighted by molar-refractivity contribution is 0.364. The first kappa shape index (κ1) is 15.7. The Labute approximate surface area is 144 Å². The van der Waals surface area contributed by atoms with Crippen molar-refractivity contribution in [1.29, 1.82) is 0 Å². The SMILES string of the molecule is Cc1ncc(C)n2nc(C=Cc3nc(N4CCC(F)C4)nn3C)nc12. The predicted octanol–water partition coefficient (Wildman–Crippen LogP) is 1.59. The van der Waals surface area contributed by atoms with Crippen molar-refractivity contribution in [2.45, 2.75) is 26.4 Å². The molecule has 130 valence electrons. The number of hydrogen-bond donors (Lipinski definition) is 0. The van der Waals surface area contributed by atoms with E-state index in [2.05, 4.69) is 25.1 Å². The summed E-state index contributed by atoms with van der Waals surface area (Å²) < 4.78 is 16.8. The van der Waals surface area contributed by atoms with Crippen LogP contribution in [0.2, 0.25) is 0 Å². The lowest BCUT2D eigenvalue weighted by atomic mass is 10.3. The maximum Gasteiger partial charge on any atom is 0.245 e. The van der Waals surface area contributed by atoms with E-state index in [-0.39, 0.29) is 0 Å². The monoisotopic (exact) mass is 342 g/mol. The van der Waals surface area contributed by atoms with Crippen LogP contribution in [0.4, 0.5) is 10.3 Å². The van der Waals surface area contributed by atoms with E-state index in [1.54, 1.807) is 21.5 Å². The largest absolute Gasteiger partial charge is 0.337 e. The topological polar surface area (TPSA) is 77.0 Å². The highest BCUT2D eigenvalue weighted by Gasteiger charge is 2.25. The number of alkyl halides is 1. The highest BCUT2D eigenvalue weighted by atomic mass is 19.1. The Morgan fingerprint density at radius 3 is 2.76 bits per heavy atom. The Hall–Kier alpha value is -2.84. The Morgan fingerprint density at radius 1 is 1.20 bits per heavy atom. The van der Waals surface area contributed by atoms with E-state index in [4.69, 9.17) is 0 Å². The molecule has 0 saturated carbocycles. The lowest BCUT2D eigenvalue weighted by Crippen LogP contribution is -2.21. The molecular formula is C16H19FN8. The van der Waals surface area contributed by atoms with E-state index in [1.165, 1.54) is 0 Å². The van der Waals surface area contributed by atoms with Crippen molar-refractivity contribution in [2.75, 3.05) is 18.0 Å². The fraction of sp³-hybridized carbons (Fsp3) is 0.438. The van der Waals surface area contributed by atoms with Gasteiger partial charge in [-0.2, -0.15) is 4.98 Å². The van der Waals surface area contributed by atoms with Gasteiger partial charge in [0.1, 0.15) is 6.17 Å². The van der Waals surface area contributed by atoms with Crippen LogP contribution in [0.25, 0.3) is 17.8 Å². The van der Waals surface area contributed by atoms with Gasteiger partial charge in [0.25, 0.3) is 0 Å². The minimum atomic E-state index is -0.801. The summed E-state index contributed by atoms with van der Waals surface area (Å²) in [7, 11) is 1.81. The normalized spacial score (nSPS) is 18.1. The number of halogens is 1. The smallest absolute Gasteiger partial charge is 0.245 e. The van der Waals surface area contributed by atoms with Crippen molar-refractivity contribution < 1.29 is 4.39 Å². The zero-order chi connectivity index (χ0) is 17.6. The number of fused-ring (bicyclic) bond motifs is 1. The molecule has 25 heavy (non-hydrogen) atoms. The summed E-state index contributed by atoms with van der Waals surface area (Å²) in [5.74, 6) is 1.80. The third-order valence-electron chi connectivity index (χ3n) is 4.31. The number of nitrogens with zero attached hydrogens (tertiary/aromatic N) is 8. The first-order chi connectivity index (χ1) is 12.0. The summed E-state index contributed by atoms with van der Waals surface area (Å²) in [6.45, 7) is 4.84. The molecule has 3 aromatic heterocycles. The minimum Gasteiger partial charge on any atom is -0.337 e. The van der Waals surface area contributed by atoms with Crippen molar-refractivity contribution >= 4 is 23.7 Å². The van der Waals surface area contributed by atoms with E-state index in [0.29, 0.717) is 37.1 Å². The molecule has 4 heterocycles. The minimum absolute atomic E-state index is 0.354. The Balaban J connectivity index is 1.61. The molecule has 1 atom stereocenters. The van der Waals surface area contributed by atoms with Crippen LogP contribution in [0.1, 0.15) is 29.5 Å². The summed E-state index contributed by atoms with van der Waals surface area (Å²) in [5.41, 5.74) is 2.49. The second-order valence-electron chi connectivity index (χ2n) is 6.25. The lowest BCUT2D eigenvalue weighted by Gasteiger charge is -2.10. The number of rotatable bonds is 3. The van der Waals surface area contributed by atoms with Crippen LogP contribution in [-0.2, 0) is 7.05 Å². The van der Waals surface area contributed by atoms with Crippen LogP contribution < -0.4 is 4.90 Å². The quantitative estimate of drug-likeness (QED) is 0.719. The van der Waals surface area contributed by atoms with E-state index in [9.17, 15) is 4.39 Å². The predicted molar refractivity (Wildman–Crippen MR) is 91.9 cm³/mol.